The van der Waals surface area contributed by atoms with Crippen LogP contribution in [0.3, 0.4) is 0 Å². The standard InChI is InChI=1S/C16H22N4O4S/c1-18-13-4-2-3-5-14(13)20(16(18)22)12-15(21)17-6-7-19-8-10-25(23,24)11-9-19/h2-5H,6-12H2,1H3,(H,17,21). The second kappa shape index (κ2) is 7.01. The van der Waals surface area contributed by atoms with E-state index in [-0.39, 0.29) is 29.6 Å². The van der Waals surface area contributed by atoms with Crippen molar-refractivity contribution in [3.05, 3.63) is 34.7 Å². The molecule has 136 valence electrons. The predicted molar refractivity (Wildman–Crippen MR) is 95.3 cm³/mol. The molecule has 0 aliphatic carbocycles. The van der Waals surface area contributed by atoms with Crippen LogP contribution in [0.5, 0.6) is 0 Å². The summed E-state index contributed by atoms with van der Waals surface area (Å²) in [6.45, 7) is 2.00. The van der Waals surface area contributed by atoms with Crippen LogP contribution in [0.4, 0.5) is 0 Å². The first-order valence-corrected chi connectivity index (χ1v) is 10.0. The number of aryl methyl sites for hydroxylation is 1. The van der Waals surface area contributed by atoms with Gasteiger partial charge in [-0.2, -0.15) is 0 Å². The van der Waals surface area contributed by atoms with Crippen molar-refractivity contribution in [1.82, 2.24) is 19.4 Å². The van der Waals surface area contributed by atoms with Crippen LogP contribution in [0.1, 0.15) is 0 Å². The molecule has 0 unspecified atom stereocenters. The number of hydrogen-bond donors (Lipinski definition) is 1. The normalized spacial score (nSPS) is 17.6. The average molecular weight is 366 g/mol. The number of imidazole rings is 1. The van der Waals surface area contributed by atoms with Gasteiger partial charge in [-0.15, -0.1) is 0 Å². The van der Waals surface area contributed by atoms with Crippen molar-refractivity contribution >= 4 is 26.8 Å². The minimum Gasteiger partial charge on any atom is -0.353 e. The Morgan fingerprint density at radius 3 is 2.48 bits per heavy atom. The fraction of sp³-hybridized carbons (Fsp3) is 0.500. The predicted octanol–water partition coefficient (Wildman–Crippen LogP) is -0.813. The van der Waals surface area contributed by atoms with Crippen molar-refractivity contribution in [2.45, 2.75) is 6.54 Å². The van der Waals surface area contributed by atoms with Gasteiger partial charge in [0.2, 0.25) is 5.91 Å². The Bertz CT molecular complexity index is 931. The Balaban J connectivity index is 1.55. The van der Waals surface area contributed by atoms with E-state index in [4.69, 9.17) is 0 Å². The Hall–Kier alpha value is -2.13. The highest BCUT2D eigenvalue weighted by Gasteiger charge is 2.21. The van der Waals surface area contributed by atoms with Gasteiger partial charge < -0.3 is 5.32 Å². The summed E-state index contributed by atoms with van der Waals surface area (Å²) in [7, 11) is -1.21. The number of amides is 1. The first-order chi connectivity index (χ1) is 11.9. The van der Waals surface area contributed by atoms with Gasteiger partial charge in [-0.25, -0.2) is 13.2 Å². The van der Waals surface area contributed by atoms with Crippen LogP contribution in [-0.2, 0) is 28.2 Å². The molecule has 0 radical (unpaired) electrons. The highest BCUT2D eigenvalue weighted by atomic mass is 32.2. The molecule has 0 bridgehead atoms. The zero-order valence-corrected chi connectivity index (χ0v) is 15.0. The summed E-state index contributed by atoms with van der Waals surface area (Å²) < 4.78 is 25.8. The fourth-order valence-electron chi connectivity index (χ4n) is 3.04. The van der Waals surface area contributed by atoms with Crippen LogP contribution in [0.15, 0.2) is 29.1 Å². The molecule has 1 amide bonds. The minimum atomic E-state index is -2.89. The lowest BCUT2D eigenvalue weighted by atomic mass is 10.3. The quantitative estimate of drug-likeness (QED) is 0.747. The van der Waals surface area contributed by atoms with Crippen molar-refractivity contribution in [2.24, 2.45) is 7.05 Å². The van der Waals surface area contributed by atoms with Gasteiger partial charge in [0.15, 0.2) is 9.84 Å². The second-order valence-corrected chi connectivity index (χ2v) is 8.56. The van der Waals surface area contributed by atoms with Crippen molar-refractivity contribution in [3.63, 3.8) is 0 Å². The molecule has 0 atom stereocenters. The molecule has 3 rings (SSSR count). The van der Waals surface area contributed by atoms with E-state index >= 15 is 0 Å². The molecular formula is C16H22N4O4S. The number of fused-ring (bicyclic) bond motifs is 1. The highest BCUT2D eigenvalue weighted by Crippen LogP contribution is 2.11. The highest BCUT2D eigenvalue weighted by molar-refractivity contribution is 7.91. The maximum Gasteiger partial charge on any atom is 0.329 e. The number of carbonyl (C=O) groups excluding carboxylic acids is 1. The van der Waals surface area contributed by atoms with Crippen molar-refractivity contribution < 1.29 is 13.2 Å². The smallest absolute Gasteiger partial charge is 0.329 e. The topological polar surface area (TPSA) is 93.4 Å². The van der Waals surface area contributed by atoms with Crippen molar-refractivity contribution in [1.29, 1.82) is 0 Å². The Labute approximate surface area is 145 Å². The largest absolute Gasteiger partial charge is 0.353 e. The zero-order chi connectivity index (χ0) is 18.0. The summed E-state index contributed by atoms with van der Waals surface area (Å²) in [5.41, 5.74) is 1.29. The van der Waals surface area contributed by atoms with Crippen LogP contribution in [0.25, 0.3) is 11.0 Å². The molecule has 1 fully saturated rings. The van der Waals surface area contributed by atoms with E-state index in [9.17, 15) is 18.0 Å². The second-order valence-electron chi connectivity index (χ2n) is 6.26. The number of sulfone groups is 1. The van der Waals surface area contributed by atoms with Crippen LogP contribution in [-0.4, -0.2) is 66.0 Å². The number of nitrogens with zero attached hydrogens (tertiary/aromatic N) is 3. The number of benzene rings is 1. The SMILES string of the molecule is Cn1c(=O)n(CC(=O)NCCN2CCS(=O)(=O)CC2)c2ccccc21. The molecule has 2 heterocycles. The number of carbonyl (C=O) groups is 1. The van der Waals surface area contributed by atoms with Crippen LogP contribution in [0, 0.1) is 0 Å². The minimum absolute atomic E-state index is 0.0332. The molecule has 1 aromatic heterocycles. The Morgan fingerprint density at radius 2 is 1.80 bits per heavy atom. The van der Waals surface area contributed by atoms with Gasteiger partial charge in [0.05, 0.1) is 22.5 Å². The Morgan fingerprint density at radius 1 is 1.16 bits per heavy atom. The molecule has 2 aromatic rings. The summed E-state index contributed by atoms with van der Waals surface area (Å²) in [6, 6.07) is 7.35. The van der Waals surface area contributed by atoms with Gasteiger partial charge in [0, 0.05) is 33.2 Å². The maximum absolute atomic E-state index is 12.3. The van der Waals surface area contributed by atoms with Crippen LogP contribution >= 0.6 is 0 Å². The maximum atomic E-state index is 12.3. The number of hydrogen-bond acceptors (Lipinski definition) is 5. The van der Waals surface area contributed by atoms with E-state index in [0.29, 0.717) is 26.2 Å². The van der Waals surface area contributed by atoms with Crippen LogP contribution < -0.4 is 11.0 Å². The third kappa shape index (κ3) is 3.93. The van der Waals surface area contributed by atoms with E-state index in [0.717, 1.165) is 11.0 Å². The van der Waals surface area contributed by atoms with Gasteiger partial charge in [-0.3, -0.25) is 18.8 Å². The summed E-state index contributed by atoms with van der Waals surface area (Å²) >= 11 is 0. The van der Waals surface area contributed by atoms with Gasteiger partial charge in [0.25, 0.3) is 0 Å². The number of para-hydroxylation sites is 2. The number of nitrogens with one attached hydrogen (secondary N) is 1. The molecule has 1 aliphatic heterocycles. The lowest BCUT2D eigenvalue weighted by Crippen LogP contribution is -2.44. The summed E-state index contributed by atoms with van der Waals surface area (Å²) in [4.78, 5) is 26.5. The van der Waals surface area contributed by atoms with Gasteiger partial charge in [0.1, 0.15) is 6.54 Å². The van der Waals surface area contributed by atoms with Crippen molar-refractivity contribution in [2.75, 3.05) is 37.7 Å². The van der Waals surface area contributed by atoms with E-state index in [1.54, 1.807) is 7.05 Å². The molecule has 0 spiro atoms. The number of rotatable bonds is 5. The molecule has 1 aliphatic rings. The molecule has 25 heavy (non-hydrogen) atoms. The van der Waals surface area contributed by atoms with Gasteiger partial charge in [-0.05, 0) is 12.1 Å². The van der Waals surface area contributed by atoms with Gasteiger partial charge in [-0.1, -0.05) is 12.1 Å². The first kappa shape index (κ1) is 17.7. The monoisotopic (exact) mass is 366 g/mol. The molecule has 8 nitrogen and oxygen atoms in total. The summed E-state index contributed by atoms with van der Waals surface area (Å²) in [5, 5.41) is 2.80. The van der Waals surface area contributed by atoms with E-state index in [1.807, 2.05) is 29.2 Å². The first-order valence-electron chi connectivity index (χ1n) is 8.21. The lowest BCUT2D eigenvalue weighted by Gasteiger charge is -2.26. The molecule has 1 N–H and O–H groups in total. The van der Waals surface area contributed by atoms with Crippen molar-refractivity contribution in [3.8, 4) is 0 Å². The molecule has 0 saturated carbocycles. The molecule has 1 aromatic carbocycles. The third-order valence-corrected chi connectivity index (χ3v) is 6.15. The van der Waals surface area contributed by atoms with Gasteiger partial charge >= 0.3 is 5.69 Å². The average Bonchev–Trinajstić information content (AvgIpc) is 2.82. The number of aromatic nitrogens is 2. The molecular weight excluding hydrogens is 344 g/mol. The fourth-order valence-corrected chi connectivity index (χ4v) is 4.32. The van der Waals surface area contributed by atoms with E-state index in [2.05, 4.69) is 5.32 Å². The summed E-state index contributed by atoms with van der Waals surface area (Å²) in [5.74, 6) is 0.113. The van der Waals surface area contributed by atoms with E-state index < -0.39 is 9.84 Å². The van der Waals surface area contributed by atoms with Crippen LogP contribution in [0.2, 0.25) is 0 Å². The zero-order valence-electron chi connectivity index (χ0n) is 14.1. The Kier molecular flexibility index (Phi) is 4.96. The van der Waals surface area contributed by atoms with E-state index in [1.165, 1.54) is 9.13 Å². The summed E-state index contributed by atoms with van der Waals surface area (Å²) in [6.07, 6.45) is 0. The molecule has 1 saturated heterocycles. The molecule has 9 heteroatoms. The third-order valence-electron chi connectivity index (χ3n) is 4.54. The lowest BCUT2D eigenvalue weighted by molar-refractivity contribution is -0.121.